The molecule has 0 saturated heterocycles. The van der Waals surface area contributed by atoms with Crippen LogP contribution in [0.2, 0.25) is 0 Å². The second-order valence-corrected chi connectivity index (χ2v) is 6.75. The molecule has 0 aliphatic rings. The Morgan fingerprint density at radius 1 is 1.29 bits per heavy atom. The van der Waals surface area contributed by atoms with Gasteiger partial charge in [0, 0.05) is 36.4 Å². The van der Waals surface area contributed by atoms with E-state index in [1.807, 2.05) is 0 Å². The molecule has 0 aromatic heterocycles. The first-order valence-electron chi connectivity index (χ1n) is 7.74. The summed E-state index contributed by atoms with van der Waals surface area (Å²) >= 11 is 3.70. The number of methoxy groups -OCH3 is 1. The highest BCUT2D eigenvalue weighted by Crippen LogP contribution is 2.25. The zero-order valence-electron chi connectivity index (χ0n) is 13.9. The summed E-state index contributed by atoms with van der Waals surface area (Å²) in [6, 6.07) is 6.99. The third-order valence-corrected chi connectivity index (χ3v) is 4.26. The number of benzene rings is 1. The predicted octanol–water partition coefficient (Wildman–Crippen LogP) is 4.06. The molecule has 1 rings (SSSR count). The Balaban J connectivity index is 2.75. The minimum Gasteiger partial charge on any atom is -0.383 e. The molecule has 1 N–H and O–H groups in total. The van der Waals surface area contributed by atoms with Crippen molar-refractivity contribution in [1.29, 1.82) is 0 Å². The lowest BCUT2D eigenvalue weighted by Crippen LogP contribution is -2.36. The average Bonchev–Trinajstić information content (AvgIpc) is 2.42. The number of hydrogen-bond acceptors (Lipinski definition) is 3. The van der Waals surface area contributed by atoms with E-state index in [-0.39, 0.29) is 0 Å². The normalized spacial score (nSPS) is 12.7. The predicted molar refractivity (Wildman–Crippen MR) is 95.0 cm³/mol. The molecule has 0 aliphatic carbocycles. The molecule has 0 spiro atoms. The number of nitrogens with zero attached hydrogens (tertiary/aromatic N) is 1. The van der Waals surface area contributed by atoms with Gasteiger partial charge in [-0.15, -0.1) is 0 Å². The van der Waals surface area contributed by atoms with E-state index in [0.717, 1.165) is 26.2 Å². The summed E-state index contributed by atoms with van der Waals surface area (Å²) in [5, 5.41) is 3.48. The number of rotatable bonds is 9. The summed E-state index contributed by atoms with van der Waals surface area (Å²) in [4.78, 5) is 2.36. The van der Waals surface area contributed by atoms with E-state index in [1.54, 1.807) is 7.11 Å². The Bertz CT molecular complexity index is 423. The van der Waals surface area contributed by atoms with Gasteiger partial charge in [0.1, 0.15) is 0 Å². The average molecular weight is 357 g/mol. The lowest BCUT2D eigenvalue weighted by molar-refractivity contribution is 0.182. The van der Waals surface area contributed by atoms with Crippen LogP contribution in [0.15, 0.2) is 22.7 Å². The van der Waals surface area contributed by atoms with E-state index in [4.69, 9.17) is 4.74 Å². The monoisotopic (exact) mass is 356 g/mol. The maximum Gasteiger partial charge on any atom is 0.0663 e. The maximum absolute atomic E-state index is 5.27. The van der Waals surface area contributed by atoms with Crippen molar-refractivity contribution >= 4 is 21.6 Å². The fourth-order valence-corrected chi connectivity index (χ4v) is 2.94. The summed E-state index contributed by atoms with van der Waals surface area (Å²) < 4.78 is 6.44. The largest absolute Gasteiger partial charge is 0.383 e. The van der Waals surface area contributed by atoms with Crippen LogP contribution in [0, 0.1) is 5.92 Å². The van der Waals surface area contributed by atoms with E-state index in [2.05, 4.69) is 72.0 Å². The van der Waals surface area contributed by atoms with Crippen molar-refractivity contribution in [2.75, 3.05) is 31.7 Å². The highest BCUT2D eigenvalue weighted by molar-refractivity contribution is 9.10. The van der Waals surface area contributed by atoms with Gasteiger partial charge in [-0.25, -0.2) is 0 Å². The molecule has 0 fully saturated rings. The highest BCUT2D eigenvalue weighted by atomic mass is 79.9. The molecule has 1 unspecified atom stereocenters. The first kappa shape index (κ1) is 18.5. The van der Waals surface area contributed by atoms with Crippen molar-refractivity contribution in [2.24, 2.45) is 5.92 Å². The number of ether oxygens (including phenoxy) is 1. The van der Waals surface area contributed by atoms with Gasteiger partial charge in [0.05, 0.1) is 6.61 Å². The van der Waals surface area contributed by atoms with Crippen LogP contribution < -0.4 is 10.2 Å². The molecule has 1 aromatic carbocycles. The number of anilines is 1. The molecule has 1 aromatic rings. The summed E-state index contributed by atoms with van der Waals surface area (Å²) in [6.07, 6.45) is 0. The molecule has 1 atom stereocenters. The fraction of sp³-hybridized carbons (Fsp3) is 0.647. The standard InChI is InChI=1S/C17H29BrN2O/c1-6-20(14(4)12-21-5)16-8-7-15(17(18)9-16)11-19-10-13(2)3/h7-9,13-14,19H,6,10-12H2,1-5H3. The molecule has 3 nitrogen and oxygen atoms in total. The lowest BCUT2D eigenvalue weighted by atomic mass is 10.1. The van der Waals surface area contributed by atoms with Crippen LogP contribution in [-0.2, 0) is 11.3 Å². The zero-order valence-corrected chi connectivity index (χ0v) is 15.5. The second-order valence-electron chi connectivity index (χ2n) is 5.89. The van der Waals surface area contributed by atoms with Crippen LogP contribution in [0.3, 0.4) is 0 Å². The smallest absolute Gasteiger partial charge is 0.0663 e. The van der Waals surface area contributed by atoms with Crippen molar-refractivity contribution in [3.8, 4) is 0 Å². The summed E-state index contributed by atoms with van der Waals surface area (Å²) in [5.41, 5.74) is 2.54. The van der Waals surface area contributed by atoms with Gasteiger partial charge in [0.2, 0.25) is 0 Å². The van der Waals surface area contributed by atoms with Crippen LogP contribution in [0.5, 0.6) is 0 Å². The lowest BCUT2D eigenvalue weighted by Gasteiger charge is -2.30. The van der Waals surface area contributed by atoms with Gasteiger partial charge in [-0.2, -0.15) is 0 Å². The van der Waals surface area contributed by atoms with Gasteiger partial charge >= 0.3 is 0 Å². The van der Waals surface area contributed by atoms with Crippen molar-refractivity contribution in [1.82, 2.24) is 5.32 Å². The Hall–Kier alpha value is -0.580. The van der Waals surface area contributed by atoms with Gasteiger partial charge in [-0.05, 0) is 44.0 Å². The molecule has 0 radical (unpaired) electrons. The molecule has 0 bridgehead atoms. The minimum absolute atomic E-state index is 0.372. The summed E-state index contributed by atoms with van der Waals surface area (Å²) in [6.45, 7) is 12.5. The molecule has 0 aliphatic heterocycles. The van der Waals surface area contributed by atoms with Crippen LogP contribution in [0.25, 0.3) is 0 Å². The number of likely N-dealkylation sites (N-methyl/N-ethyl adjacent to an activating group) is 1. The second kappa shape index (κ2) is 9.44. The number of nitrogens with one attached hydrogen (secondary N) is 1. The van der Waals surface area contributed by atoms with Crippen LogP contribution in [0.1, 0.15) is 33.3 Å². The third kappa shape index (κ3) is 5.97. The fourth-order valence-electron chi connectivity index (χ4n) is 2.43. The van der Waals surface area contributed by atoms with Crippen LogP contribution >= 0.6 is 15.9 Å². The van der Waals surface area contributed by atoms with Gasteiger partial charge in [0.15, 0.2) is 0 Å². The van der Waals surface area contributed by atoms with E-state index >= 15 is 0 Å². The summed E-state index contributed by atoms with van der Waals surface area (Å²) in [5.74, 6) is 0.675. The van der Waals surface area contributed by atoms with E-state index in [0.29, 0.717) is 12.0 Å². The molecule has 0 saturated carbocycles. The molecule has 21 heavy (non-hydrogen) atoms. The molecular formula is C17H29BrN2O. The maximum atomic E-state index is 5.27. The molecule has 0 heterocycles. The first-order valence-corrected chi connectivity index (χ1v) is 8.53. The molecule has 0 amide bonds. The zero-order chi connectivity index (χ0) is 15.8. The van der Waals surface area contributed by atoms with Crippen molar-refractivity contribution in [3.63, 3.8) is 0 Å². The van der Waals surface area contributed by atoms with Gasteiger partial charge in [-0.3, -0.25) is 0 Å². The Kier molecular flexibility index (Phi) is 8.30. The van der Waals surface area contributed by atoms with Gasteiger partial charge < -0.3 is 15.0 Å². The first-order chi connectivity index (χ1) is 9.99. The summed E-state index contributed by atoms with van der Waals surface area (Å²) in [7, 11) is 1.75. The number of halogens is 1. The Labute approximate surface area is 138 Å². The van der Waals surface area contributed by atoms with E-state index < -0.39 is 0 Å². The molecular weight excluding hydrogens is 328 g/mol. The van der Waals surface area contributed by atoms with Crippen molar-refractivity contribution in [2.45, 2.75) is 40.3 Å². The Morgan fingerprint density at radius 2 is 2.00 bits per heavy atom. The quantitative estimate of drug-likeness (QED) is 0.721. The SMILES string of the molecule is CCN(c1ccc(CNCC(C)C)c(Br)c1)C(C)COC. The van der Waals surface area contributed by atoms with Crippen molar-refractivity contribution < 1.29 is 4.74 Å². The number of hydrogen-bond donors (Lipinski definition) is 1. The van der Waals surface area contributed by atoms with Crippen LogP contribution in [-0.4, -0.2) is 32.8 Å². The Morgan fingerprint density at radius 3 is 2.52 bits per heavy atom. The van der Waals surface area contributed by atoms with Crippen LogP contribution in [0.4, 0.5) is 5.69 Å². The minimum atomic E-state index is 0.372. The van der Waals surface area contributed by atoms with E-state index in [9.17, 15) is 0 Å². The topological polar surface area (TPSA) is 24.5 Å². The van der Waals surface area contributed by atoms with Gasteiger partial charge in [-0.1, -0.05) is 35.8 Å². The van der Waals surface area contributed by atoms with E-state index in [1.165, 1.54) is 15.7 Å². The van der Waals surface area contributed by atoms with Crippen molar-refractivity contribution in [3.05, 3.63) is 28.2 Å². The molecule has 120 valence electrons. The third-order valence-electron chi connectivity index (χ3n) is 3.52. The molecule has 4 heteroatoms. The van der Waals surface area contributed by atoms with Gasteiger partial charge in [0.25, 0.3) is 0 Å². The highest BCUT2D eigenvalue weighted by Gasteiger charge is 2.13.